The van der Waals surface area contributed by atoms with E-state index in [1.807, 2.05) is 0 Å². The van der Waals surface area contributed by atoms with Crippen LogP contribution < -0.4 is 16.2 Å². The molecule has 0 aliphatic carbocycles. The van der Waals surface area contributed by atoms with Crippen LogP contribution in [0, 0.1) is 0 Å². The molecular formula is C11H18ClN3O3S. The molecule has 8 heteroatoms. The summed E-state index contributed by atoms with van der Waals surface area (Å²) in [5.74, 6) is -0.0732. The van der Waals surface area contributed by atoms with Crippen LogP contribution in [0.25, 0.3) is 0 Å². The van der Waals surface area contributed by atoms with E-state index in [4.69, 9.17) is 10.9 Å². The first-order chi connectivity index (χ1) is 8.43. The number of nitrogens with two attached hydrogens (primary N) is 2. The molecule has 0 unspecified atom stereocenters. The van der Waals surface area contributed by atoms with Crippen molar-refractivity contribution in [2.24, 2.45) is 10.9 Å². The third kappa shape index (κ3) is 6.53. The predicted octanol–water partition coefficient (Wildman–Crippen LogP) is 0.111. The highest BCUT2D eigenvalue weighted by molar-refractivity contribution is 7.89. The maximum atomic E-state index is 11.3. The number of carbonyl (C=O) groups excluding carboxylic acids is 1. The SMILES string of the molecule is Cl.NCCCC(=O)NCc1ccc(S(N)(=O)=O)cc1. The fraction of sp³-hybridized carbons (Fsp3) is 0.364. The number of carbonyl (C=O) groups is 1. The molecule has 0 spiro atoms. The highest BCUT2D eigenvalue weighted by Gasteiger charge is 2.07. The van der Waals surface area contributed by atoms with Crippen LogP contribution in [0.15, 0.2) is 29.2 Å². The summed E-state index contributed by atoms with van der Waals surface area (Å²) < 4.78 is 22.0. The average molecular weight is 308 g/mol. The Labute approximate surface area is 119 Å². The largest absolute Gasteiger partial charge is 0.352 e. The first kappa shape index (κ1) is 17.8. The van der Waals surface area contributed by atoms with Crippen molar-refractivity contribution < 1.29 is 13.2 Å². The van der Waals surface area contributed by atoms with Crippen LogP contribution in [0.3, 0.4) is 0 Å². The van der Waals surface area contributed by atoms with Crippen molar-refractivity contribution in [2.45, 2.75) is 24.3 Å². The number of amides is 1. The van der Waals surface area contributed by atoms with E-state index in [1.165, 1.54) is 12.1 Å². The topological polar surface area (TPSA) is 115 Å². The number of nitrogens with one attached hydrogen (secondary N) is 1. The van der Waals surface area contributed by atoms with Crippen molar-refractivity contribution in [2.75, 3.05) is 6.54 Å². The van der Waals surface area contributed by atoms with Gasteiger partial charge in [0.15, 0.2) is 0 Å². The smallest absolute Gasteiger partial charge is 0.238 e. The van der Waals surface area contributed by atoms with Gasteiger partial charge in [-0.15, -0.1) is 12.4 Å². The predicted molar refractivity (Wildman–Crippen MR) is 75.2 cm³/mol. The highest BCUT2D eigenvalue weighted by Crippen LogP contribution is 2.08. The standard InChI is InChI=1S/C11H17N3O3S.ClH/c12-7-1-2-11(15)14-8-9-3-5-10(6-4-9)18(13,16)17;/h3-6H,1-2,7-8,12H2,(H,14,15)(H2,13,16,17);1H. The van der Waals surface area contributed by atoms with Crippen LogP contribution >= 0.6 is 12.4 Å². The first-order valence-electron chi connectivity index (χ1n) is 5.52. The molecule has 0 aromatic heterocycles. The maximum absolute atomic E-state index is 11.3. The molecule has 5 N–H and O–H groups in total. The van der Waals surface area contributed by atoms with Gasteiger partial charge in [-0.3, -0.25) is 4.79 Å². The Balaban J connectivity index is 0.00000324. The van der Waals surface area contributed by atoms with Gasteiger partial charge in [0, 0.05) is 13.0 Å². The van der Waals surface area contributed by atoms with Crippen molar-refractivity contribution >= 4 is 28.3 Å². The first-order valence-corrected chi connectivity index (χ1v) is 7.06. The fourth-order valence-corrected chi connectivity index (χ4v) is 1.86. The summed E-state index contributed by atoms with van der Waals surface area (Å²) in [5, 5.41) is 7.69. The number of hydrogen-bond donors (Lipinski definition) is 3. The maximum Gasteiger partial charge on any atom is 0.238 e. The zero-order valence-corrected chi connectivity index (χ0v) is 12.0. The monoisotopic (exact) mass is 307 g/mol. The molecule has 0 heterocycles. The second-order valence-corrected chi connectivity index (χ2v) is 5.42. The van der Waals surface area contributed by atoms with E-state index in [0.717, 1.165) is 5.56 Å². The van der Waals surface area contributed by atoms with Crippen molar-refractivity contribution in [3.05, 3.63) is 29.8 Å². The zero-order valence-electron chi connectivity index (χ0n) is 10.3. The molecule has 1 amide bonds. The number of halogens is 1. The van der Waals surface area contributed by atoms with Crippen LogP contribution in [0.2, 0.25) is 0 Å². The van der Waals surface area contributed by atoms with Crippen molar-refractivity contribution in [3.63, 3.8) is 0 Å². The summed E-state index contributed by atoms with van der Waals surface area (Å²) in [7, 11) is -3.66. The minimum atomic E-state index is -3.66. The molecule has 0 fully saturated rings. The lowest BCUT2D eigenvalue weighted by Crippen LogP contribution is -2.23. The van der Waals surface area contributed by atoms with E-state index in [9.17, 15) is 13.2 Å². The van der Waals surface area contributed by atoms with E-state index in [1.54, 1.807) is 12.1 Å². The molecule has 0 saturated carbocycles. The van der Waals surface area contributed by atoms with Crippen LogP contribution in [-0.2, 0) is 21.4 Å². The molecule has 0 atom stereocenters. The Morgan fingerprint density at radius 3 is 2.26 bits per heavy atom. The van der Waals surface area contributed by atoms with Gasteiger partial charge < -0.3 is 11.1 Å². The Morgan fingerprint density at radius 1 is 1.21 bits per heavy atom. The summed E-state index contributed by atoms with van der Waals surface area (Å²) in [5.41, 5.74) is 6.10. The zero-order chi connectivity index (χ0) is 13.6. The van der Waals surface area contributed by atoms with Crippen LogP contribution in [0.4, 0.5) is 0 Å². The van der Waals surface area contributed by atoms with E-state index in [0.29, 0.717) is 25.9 Å². The third-order valence-corrected chi connectivity index (χ3v) is 3.28. The summed E-state index contributed by atoms with van der Waals surface area (Å²) >= 11 is 0. The summed E-state index contributed by atoms with van der Waals surface area (Å²) in [6, 6.07) is 6.05. The molecule has 19 heavy (non-hydrogen) atoms. The molecule has 6 nitrogen and oxygen atoms in total. The molecule has 1 aromatic rings. The molecular weight excluding hydrogens is 290 g/mol. The fourth-order valence-electron chi connectivity index (χ4n) is 1.35. The molecule has 0 saturated heterocycles. The van der Waals surface area contributed by atoms with E-state index in [2.05, 4.69) is 5.32 Å². The quantitative estimate of drug-likeness (QED) is 0.691. The minimum absolute atomic E-state index is 0. The lowest BCUT2D eigenvalue weighted by Gasteiger charge is -2.05. The van der Waals surface area contributed by atoms with Crippen LogP contribution in [-0.4, -0.2) is 20.9 Å². The van der Waals surface area contributed by atoms with Gasteiger partial charge in [-0.2, -0.15) is 0 Å². The Bertz CT molecular complexity index is 502. The number of sulfonamides is 1. The van der Waals surface area contributed by atoms with Crippen molar-refractivity contribution in [3.8, 4) is 0 Å². The molecule has 0 radical (unpaired) electrons. The second kappa shape index (κ2) is 8.11. The third-order valence-electron chi connectivity index (χ3n) is 2.35. The summed E-state index contributed by atoms with van der Waals surface area (Å²) in [6.45, 7) is 0.838. The normalized spacial score (nSPS) is 10.6. The Kier molecular flexibility index (Phi) is 7.62. The van der Waals surface area contributed by atoms with Gasteiger partial charge >= 0.3 is 0 Å². The van der Waals surface area contributed by atoms with E-state index in [-0.39, 0.29) is 23.2 Å². The Hall–Kier alpha value is -1.15. The second-order valence-electron chi connectivity index (χ2n) is 3.86. The van der Waals surface area contributed by atoms with Gasteiger partial charge in [-0.05, 0) is 30.7 Å². The molecule has 0 aliphatic rings. The minimum Gasteiger partial charge on any atom is -0.352 e. The molecule has 1 rings (SSSR count). The van der Waals surface area contributed by atoms with E-state index >= 15 is 0 Å². The van der Waals surface area contributed by atoms with Gasteiger partial charge in [0.1, 0.15) is 0 Å². The van der Waals surface area contributed by atoms with Gasteiger partial charge in [0.2, 0.25) is 15.9 Å². The van der Waals surface area contributed by atoms with Crippen LogP contribution in [0.5, 0.6) is 0 Å². The molecule has 0 bridgehead atoms. The number of benzene rings is 1. The number of hydrogen-bond acceptors (Lipinski definition) is 4. The van der Waals surface area contributed by atoms with Gasteiger partial charge in [0.25, 0.3) is 0 Å². The van der Waals surface area contributed by atoms with Gasteiger partial charge in [-0.25, -0.2) is 13.6 Å². The lowest BCUT2D eigenvalue weighted by molar-refractivity contribution is -0.121. The summed E-state index contributed by atoms with van der Waals surface area (Å²) in [4.78, 5) is 11.4. The van der Waals surface area contributed by atoms with Gasteiger partial charge in [0.05, 0.1) is 4.90 Å². The molecule has 108 valence electrons. The molecule has 1 aromatic carbocycles. The average Bonchev–Trinajstić information content (AvgIpc) is 2.33. The number of rotatable bonds is 6. The van der Waals surface area contributed by atoms with Crippen molar-refractivity contribution in [1.29, 1.82) is 0 Å². The van der Waals surface area contributed by atoms with Crippen molar-refractivity contribution in [1.82, 2.24) is 5.32 Å². The highest BCUT2D eigenvalue weighted by atomic mass is 35.5. The van der Waals surface area contributed by atoms with E-state index < -0.39 is 10.0 Å². The Morgan fingerprint density at radius 2 is 1.79 bits per heavy atom. The van der Waals surface area contributed by atoms with Crippen LogP contribution in [0.1, 0.15) is 18.4 Å². The summed E-state index contributed by atoms with van der Waals surface area (Å²) in [6.07, 6.45) is 1.04. The van der Waals surface area contributed by atoms with Gasteiger partial charge in [-0.1, -0.05) is 12.1 Å². The molecule has 0 aliphatic heterocycles. The number of primary sulfonamides is 1. The lowest BCUT2D eigenvalue weighted by atomic mass is 10.2.